The summed E-state index contributed by atoms with van der Waals surface area (Å²) < 4.78 is 10.8. The van der Waals surface area contributed by atoms with E-state index >= 15 is 0 Å². The van der Waals surface area contributed by atoms with Crippen molar-refractivity contribution in [3.8, 4) is 17.2 Å². The summed E-state index contributed by atoms with van der Waals surface area (Å²) in [6, 6.07) is 16.7. The Bertz CT molecular complexity index is 802. The Morgan fingerprint density at radius 1 is 1.13 bits per heavy atom. The van der Waals surface area contributed by atoms with Crippen LogP contribution in [0.5, 0.6) is 5.75 Å². The van der Waals surface area contributed by atoms with Crippen molar-refractivity contribution in [2.24, 2.45) is 0 Å². The highest BCUT2D eigenvalue weighted by Gasteiger charge is 2.12. The molecule has 0 bridgehead atoms. The SMILES string of the molecule is Cc1cccc(-c2nnc(SCC(=O)Oc3ccccc3)o2)c1. The van der Waals surface area contributed by atoms with Gasteiger partial charge in [0.25, 0.3) is 5.22 Å². The molecule has 0 unspecified atom stereocenters. The van der Waals surface area contributed by atoms with Gasteiger partial charge in [0, 0.05) is 5.56 Å². The van der Waals surface area contributed by atoms with Gasteiger partial charge in [0.15, 0.2) is 0 Å². The molecule has 0 saturated heterocycles. The maximum absolute atomic E-state index is 11.8. The zero-order valence-electron chi connectivity index (χ0n) is 12.4. The normalized spacial score (nSPS) is 10.5. The lowest BCUT2D eigenvalue weighted by atomic mass is 10.1. The van der Waals surface area contributed by atoms with Crippen LogP contribution in [0.2, 0.25) is 0 Å². The number of para-hydroxylation sites is 1. The first-order valence-electron chi connectivity index (χ1n) is 7.00. The number of benzene rings is 2. The van der Waals surface area contributed by atoms with Gasteiger partial charge in [0.1, 0.15) is 11.5 Å². The minimum Gasteiger partial charge on any atom is -0.426 e. The van der Waals surface area contributed by atoms with E-state index in [-0.39, 0.29) is 11.7 Å². The van der Waals surface area contributed by atoms with Crippen LogP contribution in [-0.2, 0) is 4.79 Å². The van der Waals surface area contributed by atoms with Gasteiger partial charge in [-0.2, -0.15) is 0 Å². The third-order valence-corrected chi connectivity index (χ3v) is 3.75. The summed E-state index contributed by atoms with van der Waals surface area (Å²) in [6.45, 7) is 2.00. The molecule has 5 nitrogen and oxygen atoms in total. The van der Waals surface area contributed by atoms with Gasteiger partial charge in [-0.15, -0.1) is 10.2 Å². The van der Waals surface area contributed by atoms with Crippen molar-refractivity contribution in [2.45, 2.75) is 12.1 Å². The third-order valence-electron chi connectivity index (χ3n) is 2.96. The predicted molar refractivity (Wildman–Crippen MR) is 87.3 cm³/mol. The smallest absolute Gasteiger partial charge is 0.321 e. The van der Waals surface area contributed by atoms with Crippen LogP contribution in [-0.4, -0.2) is 21.9 Å². The van der Waals surface area contributed by atoms with E-state index in [1.54, 1.807) is 12.1 Å². The van der Waals surface area contributed by atoms with Crippen LogP contribution in [0.3, 0.4) is 0 Å². The van der Waals surface area contributed by atoms with Gasteiger partial charge in [0.2, 0.25) is 5.89 Å². The molecule has 3 aromatic rings. The summed E-state index contributed by atoms with van der Waals surface area (Å²) in [5, 5.41) is 8.28. The largest absolute Gasteiger partial charge is 0.426 e. The molecule has 2 aromatic carbocycles. The Morgan fingerprint density at radius 2 is 1.96 bits per heavy atom. The van der Waals surface area contributed by atoms with Gasteiger partial charge in [-0.05, 0) is 31.2 Å². The quantitative estimate of drug-likeness (QED) is 0.404. The second kappa shape index (κ2) is 7.11. The Kier molecular flexibility index (Phi) is 4.73. The lowest BCUT2D eigenvalue weighted by Gasteiger charge is -2.01. The van der Waals surface area contributed by atoms with Crippen LogP contribution < -0.4 is 4.74 Å². The number of carbonyl (C=O) groups excluding carboxylic acids is 1. The lowest BCUT2D eigenvalue weighted by Crippen LogP contribution is -2.10. The Morgan fingerprint density at radius 3 is 2.74 bits per heavy atom. The highest BCUT2D eigenvalue weighted by molar-refractivity contribution is 7.99. The van der Waals surface area contributed by atoms with E-state index in [2.05, 4.69) is 10.2 Å². The minimum atomic E-state index is -0.364. The van der Waals surface area contributed by atoms with Crippen LogP contribution in [0.25, 0.3) is 11.5 Å². The summed E-state index contributed by atoms with van der Waals surface area (Å²) in [5.41, 5.74) is 1.97. The molecule has 0 radical (unpaired) electrons. The Hall–Kier alpha value is -2.60. The summed E-state index contributed by atoms with van der Waals surface area (Å²) in [5.74, 6) is 0.692. The Balaban J connectivity index is 1.58. The molecule has 0 saturated carbocycles. The molecule has 0 aliphatic heterocycles. The number of carbonyl (C=O) groups is 1. The number of thioether (sulfide) groups is 1. The fourth-order valence-corrected chi connectivity index (χ4v) is 2.47. The molecule has 0 fully saturated rings. The summed E-state index contributed by atoms with van der Waals surface area (Å²) >= 11 is 1.15. The van der Waals surface area contributed by atoms with Gasteiger partial charge in [-0.3, -0.25) is 4.79 Å². The molecule has 0 amide bonds. The van der Waals surface area contributed by atoms with Crippen LogP contribution in [0.15, 0.2) is 64.2 Å². The van der Waals surface area contributed by atoms with Crippen LogP contribution in [0.4, 0.5) is 0 Å². The van der Waals surface area contributed by atoms with Crippen molar-refractivity contribution in [1.29, 1.82) is 0 Å². The average Bonchev–Trinajstić information content (AvgIpc) is 3.03. The maximum Gasteiger partial charge on any atom is 0.321 e. The monoisotopic (exact) mass is 326 g/mol. The van der Waals surface area contributed by atoms with Gasteiger partial charge in [0.05, 0.1) is 0 Å². The summed E-state index contributed by atoms with van der Waals surface area (Å²) in [6.07, 6.45) is 0. The van der Waals surface area contributed by atoms with E-state index in [9.17, 15) is 4.79 Å². The zero-order chi connectivity index (χ0) is 16.1. The molecular weight excluding hydrogens is 312 g/mol. The molecule has 23 heavy (non-hydrogen) atoms. The van der Waals surface area contributed by atoms with Gasteiger partial charge in [-0.1, -0.05) is 47.7 Å². The maximum atomic E-state index is 11.8. The standard InChI is InChI=1S/C17H14N2O3S/c1-12-6-5-7-13(10-12)16-18-19-17(22-16)23-11-15(20)21-14-8-3-2-4-9-14/h2-10H,11H2,1H3. The molecule has 6 heteroatoms. The van der Waals surface area contributed by atoms with Gasteiger partial charge >= 0.3 is 5.97 Å². The Labute approximate surface area is 137 Å². The average molecular weight is 326 g/mol. The molecule has 3 rings (SSSR count). The van der Waals surface area contributed by atoms with Crippen molar-refractivity contribution >= 4 is 17.7 Å². The van der Waals surface area contributed by atoms with E-state index in [4.69, 9.17) is 9.15 Å². The highest BCUT2D eigenvalue weighted by Crippen LogP contribution is 2.24. The van der Waals surface area contributed by atoms with Crippen molar-refractivity contribution in [3.05, 3.63) is 60.2 Å². The van der Waals surface area contributed by atoms with Crippen LogP contribution in [0, 0.1) is 6.92 Å². The van der Waals surface area contributed by atoms with E-state index in [0.29, 0.717) is 16.9 Å². The number of aryl methyl sites for hydroxylation is 1. The molecule has 0 aliphatic rings. The third kappa shape index (κ3) is 4.20. The first-order valence-corrected chi connectivity index (χ1v) is 7.98. The second-order valence-corrected chi connectivity index (χ2v) is 5.74. The molecule has 1 aromatic heterocycles. The minimum absolute atomic E-state index is 0.102. The number of hydrogen-bond donors (Lipinski definition) is 0. The number of rotatable bonds is 5. The van der Waals surface area contributed by atoms with Crippen LogP contribution in [0.1, 0.15) is 5.56 Å². The number of nitrogens with zero attached hydrogens (tertiary/aromatic N) is 2. The topological polar surface area (TPSA) is 65.2 Å². The highest BCUT2D eigenvalue weighted by atomic mass is 32.2. The number of aromatic nitrogens is 2. The number of ether oxygens (including phenoxy) is 1. The van der Waals surface area contributed by atoms with Crippen LogP contribution >= 0.6 is 11.8 Å². The number of esters is 1. The van der Waals surface area contributed by atoms with E-state index in [1.165, 1.54) is 0 Å². The fraction of sp³-hybridized carbons (Fsp3) is 0.118. The summed E-state index contributed by atoms with van der Waals surface area (Å²) in [7, 11) is 0. The molecule has 0 N–H and O–H groups in total. The van der Waals surface area contributed by atoms with Crippen molar-refractivity contribution < 1.29 is 13.9 Å². The van der Waals surface area contributed by atoms with E-state index < -0.39 is 0 Å². The molecular formula is C17H14N2O3S. The fourth-order valence-electron chi connectivity index (χ4n) is 1.93. The molecule has 0 aliphatic carbocycles. The molecule has 0 atom stereocenters. The lowest BCUT2D eigenvalue weighted by molar-refractivity contribution is -0.131. The van der Waals surface area contributed by atoms with Crippen molar-refractivity contribution in [1.82, 2.24) is 10.2 Å². The second-order valence-electron chi connectivity index (χ2n) is 4.82. The number of hydrogen-bond acceptors (Lipinski definition) is 6. The van der Waals surface area contributed by atoms with Gasteiger partial charge < -0.3 is 9.15 Å². The van der Waals surface area contributed by atoms with Gasteiger partial charge in [-0.25, -0.2) is 0 Å². The van der Waals surface area contributed by atoms with Crippen molar-refractivity contribution in [2.75, 3.05) is 5.75 Å². The van der Waals surface area contributed by atoms with Crippen molar-refractivity contribution in [3.63, 3.8) is 0 Å². The molecule has 0 spiro atoms. The molecule has 1 heterocycles. The first kappa shape index (κ1) is 15.3. The van der Waals surface area contributed by atoms with E-state index in [0.717, 1.165) is 22.9 Å². The predicted octanol–water partition coefficient (Wildman–Crippen LogP) is 3.74. The molecule has 116 valence electrons. The zero-order valence-corrected chi connectivity index (χ0v) is 13.2. The van der Waals surface area contributed by atoms with E-state index in [1.807, 2.05) is 49.4 Å². The first-order chi connectivity index (χ1) is 11.2. The summed E-state index contributed by atoms with van der Waals surface area (Å²) in [4.78, 5) is 11.8.